The minimum Gasteiger partial charge on any atom is -0.478 e. The number of carbonyl (C=O) groups excluding carboxylic acids is 1. The van der Waals surface area contributed by atoms with Crippen LogP contribution in [0.5, 0.6) is 0 Å². The third kappa shape index (κ3) is 4.18. The molecule has 0 saturated heterocycles. The van der Waals surface area contributed by atoms with E-state index in [-0.39, 0.29) is 11.5 Å². The predicted octanol–water partition coefficient (Wildman–Crippen LogP) is 1.58. The third-order valence-electron chi connectivity index (χ3n) is 2.53. The number of carbonyl (C=O) groups is 2. The summed E-state index contributed by atoms with van der Waals surface area (Å²) in [6.45, 7) is 2.39. The maximum atomic E-state index is 11.6. The highest BCUT2D eigenvalue weighted by molar-refractivity contribution is 5.93. The molecule has 5 nitrogen and oxygen atoms in total. The number of rotatable bonds is 5. The monoisotopic (exact) mass is 250 g/mol. The molecule has 0 radical (unpaired) electrons. The third-order valence-corrected chi connectivity index (χ3v) is 2.53. The zero-order valence-corrected chi connectivity index (χ0v) is 10.9. The first-order valence-corrected chi connectivity index (χ1v) is 5.68. The molecule has 0 unspecified atom stereocenters. The lowest BCUT2D eigenvalue weighted by atomic mass is 10.1. The van der Waals surface area contributed by atoms with E-state index in [1.165, 1.54) is 6.07 Å². The van der Waals surface area contributed by atoms with Crippen molar-refractivity contribution < 1.29 is 14.7 Å². The summed E-state index contributed by atoms with van der Waals surface area (Å²) in [5.74, 6) is -1.04. The smallest absolute Gasteiger partial charge is 0.335 e. The standard InChI is InChI=1S/C13H18N2O3/c1-9-8-10(4-5-11(9)13(17)18)14-12(16)6-7-15(2)3/h4-5,8H,6-7H2,1-3H3,(H,14,16)(H,17,18). The number of carboxylic acid groups (broad SMARTS) is 1. The van der Waals surface area contributed by atoms with Crippen LogP contribution >= 0.6 is 0 Å². The maximum Gasteiger partial charge on any atom is 0.335 e. The molecule has 0 aliphatic carbocycles. The summed E-state index contributed by atoms with van der Waals surface area (Å²) in [6.07, 6.45) is 0.409. The minimum absolute atomic E-state index is 0.0776. The topological polar surface area (TPSA) is 69.6 Å². The highest BCUT2D eigenvalue weighted by Crippen LogP contribution is 2.15. The second-order valence-electron chi connectivity index (χ2n) is 4.44. The number of aromatic carboxylic acids is 1. The number of benzene rings is 1. The van der Waals surface area contributed by atoms with Crippen LogP contribution in [0.3, 0.4) is 0 Å². The summed E-state index contributed by atoms with van der Waals surface area (Å²) in [6, 6.07) is 4.76. The zero-order valence-electron chi connectivity index (χ0n) is 10.9. The fraction of sp³-hybridized carbons (Fsp3) is 0.385. The van der Waals surface area contributed by atoms with Gasteiger partial charge in [-0.2, -0.15) is 0 Å². The van der Waals surface area contributed by atoms with E-state index in [0.29, 0.717) is 24.2 Å². The van der Waals surface area contributed by atoms with E-state index in [4.69, 9.17) is 5.11 Å². The van der Waals surface area contributed by atoms with Crippen LogP contribution in [0.2, 0.25) is 0 Å². The molecule has 0 atom stereocenters. The van der Waals surface area contributed by atoms with Crippen LogP contribution in [0.1, 0.15) is 22.3 Å². The molecule has 0 aromatic heterocycles. The van der Waals surface area contributed by atoms with Gasteiger partial charge in [-0.1, -0.05) is 0 Å². The molecule has 1 aromatic rings. The van der Waals surface area contributed by atoms with Gasteiger partial charge in [0.15, 0.2) is 0 Å². The van der Waals surface area contributed by atoms with Gasteiger partial charge in [0.25, 0.3) is 0 Å². The van der Waals surface area contributed by atoms with Gasteiger partial charge in [0, 0.05) is 18.7 Å². The lowest BCUT2D eigenvalue weighted by Crippen LogP contribution is -2.20. The Morgan fingerprint density at radius 1 is 1.33 bits per heavy atom. The Kier molecular flexibility index (Phi) is 4.85. The van der Waals surface area contributed by atoms with Crippen molar-refractivity contribution in [2.24, 2.45) is 0 Å². The SMILES string of the molecule is Cc1cc(NC(=O)CCN(C)C)ccc1C(=O)O. The molecule has 18 heavy (non-hydrogen) atoms. The van der Waals surface area contributed by atoms with Gasteiger partial charge in [-0.25, -0.2) is 4.79 Å². The van der Waals surface area contributed by atoms with Crippen LogP contribution in [0.4, 0.5) is 5.69 Å². The summed E-state index contributed by atoms with van der Waals surface area (Å²) in [7, 11) is 3.80. The van der Waals surface area contributed by atoms with Crippen LogP contribution in [0.15, 0.2) is 18.2 Å². The Hall–Kier alpha value is -1.88. The molecule has 1 aromatic carbocycles. The molecule has 0 fully saturated rings. The van der Waals surface area contributed by atoms with Crippen molar-refractivity contribution in [3.63, 3.8) is 0 Å². The van der Waals surface area contributed by atoms with E-state index in [1.807, 2.05) is 19.0 Å². The molecule has 0 bridgehead atoms. The fourth-order valence-corrected chi connectivity index (χ4v) is 1.53. The van der Waals surface area contributed by atoms with Gasteiger partial charge in [0.1, 0.15) is 0 Å². The van der Waals surface area contributed by atoms with Crippen molar-refractivity contribution in [1.29, 1.82) is 0 Å². The Morgan fingerprint density at radius 3 is 2.50 bits per heavy atom. The second kappa shape index (κ2) is 6.16. The van der Waals surface area contributed by atoms with Crippen LogP contribution in [0, 0.1) is 6.92 Å². The average molecular weight is 250 g/mol. The quantitative estimate of drug-likeness (QED) is 0.832. The molecule has 98 valence electrons. The van der Waals surface area contributed by atoms with Crippen molar-refractivity contribution in [3.05, 3.63) is 29.3 Å². The molecule has 1 rings (SSSR count). The predicted molar refractivity (Wildman–Crippen MR) is 69.9 cm³/mol. The van der Waals surface area contributed by atoms with Crippen LogP contribution < -0.4 is 5.32 Å². The summed E-state index contributed by atoms with van der Waals surface area (Å²) < 4.78 is 0. The van der Waals surface area contributed by atoms with E-state index in [0.717, 1.165) is 0 Å². The van der Waals surface area contributed by atoms with Crippen molar-refractivity contribution in [2.45, 2.75) is 13.3 Å². The summed E-state index contributed by atoms with van der Waals surface area (Å²) in [5.41, 5.74) is 1.51. The molecule has 0 aliphatic heterocycles. The molecule has 5 heteroatoms. The van der Waals surface area contributed by atoms with E-state index in [2.05, 4.69) is 5.32 Å². The number of carboxylic acids is 1. The van der Waals surface area contributed by atoms with Gasteiger partial charge in [-0.15, -0.1) is 0 Å². The lowest BCUT2D eigenvalue weighted by molar-refractivity contribution is -0.116. The van der Waals surface area contributed by atoms with E-state index in [1.54, 1.807) is 19.1 Å². The molecule has 0 saturated carbocycles. The highest BCUT2D eigenvalue weighted by Gasteiger charge is 2.08. The molecule has 1 amide bonds. The van der Waals surface area contributed by atoms with Gasteiger partial charge in [0.05, 0.1) is 5.56 Å². The first-order chi connectivity index (χ1) is 8.40. The molecule has 0 spiro atoms. The van der Waals surface area contributed by atoms with Crippen LogP contribution in [-0.4, -0.2) is 42.5 Å². The van der Waals surface area contributed by atoms with Gasteiger partial charge in [-0.3, -0.25) is 4.79 Å². The molecular weight excluding hydrogens is 232 g/mol. The largest absolute Gasteiger partial charge is 0.478 e. The zero-order chi connectivity index (χ0) is 13.7. The second-order valence-corrected chi connectivity index (χ2v) is 4.44. The van der Waals surface area contributed by atoms with Gasteiger partial charge in [-0.05, 0) is 44.8 Å². The van der Waals surface area contributed by atoms with Crippen LogP contribution in [0.25, 0.3) is 0 Å². The molecule has 2 N–H and O–H groups in total. The Balaban J connectivity index is 2.66. The summed E-state index contributed by atoms with van der Waals surface area (Å²) >= 11 is 0. The number of amides is 1. The number of anilines is 1. The van der Waals surface area contributed by atoms with Crippen molar-refractivity contribution >= 4 is 17.6 Å². The highest BCUT2D eigenvalue weighted by atomic mass is 16.4. The number of hydrogen-bond donors (Lipinski definition) is 2. The van der Waals surface area contributed by atoms with E-state index >= 15 is 0 Å². The molecule has 0 heterocycles. The number of nitrogens with zero attached hydrogens (tertiary/aromatic N) is 1. The first kappa shape index (κ1) is 14.2. The molecular formula is C13H18N2O3. The van der Waals surface area contributed by atoms with Crippen LogP contribution in [-0.2, 0) is 4.79 Å². The number of aryl methyl sites for hydroxylation is 1. The Bertz CT molecular complexity index is 456. The van der Waals surface area contributed by atoms with Crippen molar-refractivity contribution in [2.75, 3.05) is 26.0 Å². The van der Waals surface area contributed by atoms with Crippen molar-refractivity contribution in [3.8, 4) is 0 Å². The fourth-order valence-electron chi connectivity index (χ4n) is 1.53. The van der Waals surface area contributed by atoms with Gasteiger partial charge < -0.3 is 15.3 Å². The van der Waals surface area contributed by atoms with Crippen molar-refractivity contribution in [1.82, 2.24) is 4.90 Å². The Morgan fingerprint density at radius 2 is 2.00 bits per heavy atom. The number of nitrogens with one attached hydrogen (secondary N) is 1. The molecule has 0 aliphatic rings. The lowest BCUT2D eigenvalue weighted by Gasteiger charge is -2.10. The maximum absolute atomic E-state index is 11.6. The average Bonchev–Trinajstić information content (AvgIpc) is 2.26. The number of hydrogen-bond acceptors (Lipinski definition) is 3. The van der Waals surface area contributed by atoms with Gasteiger partial charge in [0.2, 0.25) is 5.91 Å². The van der Waals surface area contributed by atoms with Gasteiger partial charge >= 0.3 is 5.97 Å². The van der Waals surface area contributed by atoms with E-state index < -0.39 is 5.97 Å². The Labute approximate surface area is 106 Å². The minimum atomic E-state index is -0.960. The first-order valence-electron chi connectivity index (χ1n) is 5.68. The summed E-state index contributed by atoms with van der Waals surface area (Å²) in [5, 5.41) is 11.6. The summed E-state index contributed by atoms with van der Waals surface area (Å²) in [4.78, 5) is 24.4. The van der Waals surface area contributed by atoms with E-state index in [9.17, 15) is 9.59 Å². The normalized spacial score (nSPS) is 10.4.